The summed E-state index contributed by atoms with van der Waals surface area (Å²) in [6.07, 6.45) is 13.1. The van der Waals surface area contributed by atoms with Crippen molar-refractivity contribution in [1.82, 2.24) is 0 Å². The van der Waals surface area contributed by atoms with E-state index >= 15 is 0 Å². The van der Waals surface area contributed by atoms with Gasteiger partial charge in [0.05, 0.1) is 9.40 Å². The first-order chi connectivity index (χ1) is 24.2. The molecule has 0 aliphatic rings. The molecule has 0 N–H and O–H groups in total. The van der Waals surface area contributed by atoms with E-state index in [-0.39, 0.29) is 0 Å². The summed E-state index contributed by atoms with van der Waals surface area (Å²) >= 11 is 7.68. The molecule has 0 saturated carbocycles. The van der Waals surface area contributed by atoms with E-state index < -0.39 is 0 Å². The first kappa shape index (κ1) is 37.5. The summed E-state index contributed by atoms with van der Waals surface area (Å²) in [6, 6.07) is 32.8. The van der Waals surface area contributed by atoms with E-state index in [4.69, 9.17) is 0 Å². The quantitative estimate of drug-likeness (QED) is 0.0862. The standard InChI is InChI=1S/C46H56S4/c1-31(2)9-7-11-33(5)13-15-35-17-21-37(22-18-35)47-39-25-27-41-43(29-39)49-46-42-28-26-40(30-44(42)50-45(41)46)48-38-23-19-36(20-24-38)16-14-34(6)12-8-10-32(3)4/h17-34H,7-16H2,1-6H3. The minimum Gasteiger partial charge on any atom is -0.134 e. The predicted octanol–water partition coefficient (Wildman–Crippen LogP) is 16.4. The number of hydrogen-bond donors (Lipinski definition) is 0. The van der Waals surface area contributed by atoms with Crippen LogP contribution >= 0.6 is 46.2 Å². The summed E-state index contributed by atoms with van der Waals surface area (Å²) in [7, 11) is 0. The van der Waals surface area contributed by atoms with E-state index in [0.29, 0.717) is 0 Å². The Morgan fingerprint density at radius 1 is 0.440 bits per heavy atom. The lowest BCUT2D eigenvalue weighted by molar-refractivity contribution is 0.437. The van der Waals surface area contributed by atoms with Gasteiger partial charge in [-0.3, -0.25) is 0 Å². The molecule has 264 valence electrons. The van der Waals surface area contributed by atoms with Crippen molar-refractivity contribution in [2.45, 2.75) is 125 Å². The molecule has 0 aliphatic heterocycles. The molecule has 0 spiro atoms. The molecule has 2 aromatic heterocycles. The van der Waals surface area contributed by atoms with Crippen LogP contribution in [0.1, 0.15) is 104 Å². The van der Waals surface area contributed by atoms with Gasteiger partial charge in [0.1, 0.15) is 0 Å². The monoisotopic (exact) mass is 736 g/mol. The molecule has 0 saturated heterocycles. The van der Waals surface area contributed by atoms with Crippen LogP contribution in [0.3, 0.4) is 0 Å². The van der Waals surface area contributed by atoms with Crippen LogP contribution < -0.4 is 0 Å². The molecular weight excluding hydrogens is 681 g/mol. The molecule has 0 nitrogen and oxygen atoms in total. The summed E-state index contributed by atoms with van der Waals surface area (Å²) in [5.41, 5.74) is 2.93. The summed E-state index contributed by atoms with van der Waals surface area (Å²) < 4.78 is 5.66. The number of thiophene rings is 2. The van der Waals surface area contributed by atoms with Crippen molar-refractivity contribution in [1.29, 1.82) is 0 Å². The average Bonchev–Trinajstić information content (AvgIpc) is 3.62. The second-order valence-corrected chi connectivity index (χ2v) is 20.0. The van der Waals surface area contributed by atoms with Gasteiger partial charge >= 0.3 is 0 Å². The van der Waals surface area contributed by atoms with Crippen molar-refractivity contribution in [3.63, 3.8) is 0 Å². The fraction of sp³-hybridized carbons (Fsp3) is 0.435. The van der Waals surface area contributed by atoms with Crippen LogP contribution in [0.5, 0.6) is 0 Å². The topological polar surface area (TPSA) is 0 Å². The summed E-state index contributed by atoms with van der Waals surface area (Å²) in [5, 5.41) is 2.79. The molecule has 2 atom stereocenters. The van der Waals surface area contributed by atoms with Gasteiger partial charge in [-0.05, 0) is 109 Å². The molecule has 4 heteroatoms. The van der Waals surface area contributed by atoms with Crippen molar-refractivity contribution in [3.05, 3.63) is 96.1 Å². The van der Waals surface area contributed by atoms with E-state index in [9.17, 15) is 0 Å². The normalized spacial score (nSPS) is 13.4. The lowest BCUT2D eigenvalue weighted by Crippen LogP contribution is -1.99. The van der Waals surface area contributed by atoms with Crippen molar-refractivity contribution in [3.8, 4) is 0 Å². The predicted molar refractivity (Wildman–Crippen MR) is 228 cm³/mol. The van der Waals surface area contributed by atoms with Gasteiger partial charge < -0.3 is 0 Å². The van der Waals surface area contributed by atoms with E-state index in [1.54, 1.807) is 0 Å². The third-order valence-corrected chi connectivity index (χ3v) is 14.6. The lowest BCUT2D eigenvalue weighted by atomic mass is 9.94. The smallest absolute Gasteiger partial charge is 0.0542 e. The van der Waals surface area contributed by atoms with Gasteiger partial charge in [-0.25, -0.2) is 0 Å². The Morgan fingerprint density at radius 3 is 1.20 bits per heavy atom. The zero-order valence-electron chi connectivity index (χ0n) is 31.1. The molecule has 0 radical (unpaired) electrons. The Balaban J connectivity index is 1.04. The highest BCUT2D eigenvalue weighted by atomic mass is 32.2. The Labute approximate surface area is 318 Å². The number of benzene rings is 4. The average molecular weight is 737 g/mol. The molecule has 6 rings (SSSR count). The van der Waals surface area contributed by atoms with Crippen molar-refractivity contribution < 1.29 is 0 Å². The van der Waals surface area contributed by atoms with Crippen LogP contribution in [0.15, 0.2) is 105 Å². The highest BCUT2D eigenvalue weighted by Gasteiger charge is 2.14. The maximum atomic E-state index is 2.42. The van der Waals surface area contributed by atoms with Gasteiger partial charge in [0.25, 0.3) is 0 Å². The maximum absolute atomic E-state index is 2.42. The summed E-state index contributed by atoms with van der Waals surface area (Å²) in [6.45, 7) is 14.2. The molecule has 0 amide bonds. The minimum atomic E-state index is 0.809. The van der Waals surface area contributed by atoms with Gasteiger partial charge in [0.2, 0.25) is 0 Å². The number of rotatable bonds is 18. The third-order valence-electron chi connectivity index (χ3n) is 10.2. The van der Waals surface area contributed by atoms with Crippen LogP contribution in [0.4, 0.5) is 0 Å². The van der Waals surface area contributed by atoms with Gasteiger partial charge in [-0.15, -0.1) is 22.7 Å². The largest absolute Gasteiger partial charge is 0.134 e. The van der Waals surface area contributed by atoms with E-state index in [2.05, 4.69) is 126 Å². The molecule has 0 bridgehead atoms. The van der Waals surface area contributed by atoms with E-state index in [1.165, 1.54) is 124 Å². The van der Waals surface area contributed by atoms with Crippen LogP contribution in [-0.4, -0.2) is 0 Å². The van der Waals surface area contributed by atoms with Crippen LogP contribution in [0.25, 0.3) is 29.6 Å². The molecule has 2 heterocycles. The van der Waals surface area contributed by atoms with Crippen molar-refractivity contribution >= 4 is 75.8 Å². The van der Waals surface area contributed by atoms with Crippen molar-refractivity contribution in [2.75, 3.05) is 0 Å². The number of fused-ring (bicyclic) bond motifs is 5. The molecule has 50 heavy (non-hydrogen) atoms. The lowest BCUT2D eigenvalue weighted by Gasteiger charge is -2.12. The highest BCUT2D eigenvalue weighted by Crippen LogP contribution is 2.46. The molecule has 2 unspecified atom stereocenters. The van der Waals surface area contributed by atoms with Gasteiger partial charge in [-0.1, -0.05) is 140 Å². The minimum absolute atomic E-state index is 0.809. The molecule has 0 fully saturated rings. The third kappa shape index (κ3) is 10.4. The van der Waals surface area contributed by atoms with Gasteiger partial charge in [0.15, 0.2) is 0 Å². The highest BCUT2D eigenvalue weighted by molar-refractivity contribution is 7.99. The fourth-order valence-electron chi connectivity index (χ4n) is 6.93. The van der Waals surface area contributed by atoms with E-state index in [0.717, 1.165) is 23.7 Å². The maximum Gasteiger partial charge on any atom is 0.0542 e. The Hall–Kier alpha value is -2.24. The molecule has 4 aromatic carbocycles. The second-order valence-electron chi connectivity index (χ2n) is 15.6. The Kier molecular flexibility index (Phi) is 13.5. The first-order valence-electron chi connectivity index (χ1n) is 19.1. The Morgan fingerprint density at radius 2 is 0.820 bits per heavy atom. The SMILES string of the molecule is CC(C)CCCC(C)CCc1ccc(Sc2ccc3c(c2)sc2c4ccc(Sc5ccc(CCC(C)CCCC(C)C)cc5)cc4sc32)cc1. The van der Waals surface area contributed by atoms with Crippen LogP contribution in [0, 0.1) is 23.7 Å². The van der Waals surface area contributed by atoms with E-state index in [1.807, 2.05) is 46.2 Å². The Bertz CT molecular complexity index is 1800. The fourth-order valence-corrected chi connectivity index (χ4v) is 11.5. The molecule has 0 aliphatic carbocycles. The zero-order valence-corrected chi connectivity index (χ0v) is 34.4. The van der Waals surface area contributed by atoms with Gasteiger partial charge in [-0.2, -0.15) is 0 Å². The number of hydrogen-bond acceptors (Lipinski definition) is 4. The van der Waals surface area contributed by atoms with Gasteiger partial charge in [0, 0.05) is 39.8 Å². The zero-order chi connectivity index (χ0) is 35.0. The van der Waals surface area contributed by atoms with Crippen molar-refractivity contribution in [2.24, 2.45) is 23.7 Å². The summed E-state index contributed by atoms with van der Waals surface area (Å²) in [4.78, 5) is 5.29. The molecule has 6 aromatic rings. The second kappa shape index (κ2) is 18.0. The first-order valence-corrected chi connectivity index (χ1v) is 22.4. The number of aryl methyl sites for hydroxylation is 2. The summed E-state index contributed by atoms with van der Waals surface area (Å²) in [5.74, 6) is 3.27. The molecular formula is C46H56S4. The van der Waals surface area contributed by atoms with Crippen LogP contribution in [0.2, 0.25) is 0 Å². The van der Waals surface area contributed by atoms with Crippen LogP contribution in [-0.2, 0) is 12.8 Å².